The van der Waals surface area contributed by atoms with Gasteiger partial charge < -0.3 is 19.5 Å². The van der Waals surface area contributed by atoms with Gasteiger partial charge >= 0.3 is 5.97 Å². The molecule has 9 nitrogen and oxygen atoms in total. The number of hydrogen-bond donors (Lipinski definition) is 1. The lowest BCUT2D eigenvalue weighted by atomic mass is 9.89. The molecule has 1 aliphatic heterocycles. The molecule has 3 rings (SSSR count). The van der Waals surface area contributed by atoms with Crippen molar-refractivity contribution in [3.63, 3.8) is 0 Å². The summed E-state index contributed by atoms with van der Waals surface area (Å²) in [5.74, 6) is 0.399. The smallest absolute Gasteiger partial charge is 0.317 e. The van der Waals surface area contributed by atoms with Crippen LogP contribution in [0.25, 0.3) is 0 Å². The highest BCUT2D eigenvalue weighted by molar-refractivity contribution is 5.78. The molecule has 1 aliphatic rings. The Morgan fingerprint density at radius 2 is 2.00 bits per heavy atom. The molecular weight excluding hydrogens is 314 g/mol. The second-order valence-corrected chi connectivity index (χ2v) is 5.16. The Labute approximate surface area is 138 Å². The zero-order chi connectivity index (χ0) is 17.3. The van der Waals surface area contributed by atoms with Crippen LogP contribution in [-0.4, -0.2) is 47.5 Å². The number of benzene rings is 1. The summed E-state index contributed by atoms with van der Waals surface area (Å²) < 4.78 is 17.1. The summed E-state index contributed by atoms with van der Waals surface area (Å²) in [7, 11) is 4.43. The summed E-state index contributed by atoms with van der Waals surface area (Å²) in [5.41, 5.74) is 1.23. The van der Waals surface area contributed by atoms with E-state index in [0.29, 0.717) is 23.1 Å². The largest absolute Gasteiger partial charge is 0.493 e. The summed E-state index contributed by atoms with van der Waals surface area (Å²) >= 11 is 0. The Bertz CT molecular complexity index is 788. The fraction of sp³-hybridized carbons (Fsp3) is 0.333. The summed E-state index contributed by atoms with van der Waals surface area (Å²) in [4.78, 5) is 12.3. The zero-order valence-electron chi connectivity index (χ0n) is 13.5. The molecule has 2 aromatic rings. The highest BCUT2D eigenvalue weighted by Crippen LogP contribution is 2.40. The molecule has 9 heteroatoms. The Morgan fingerprint density at radius 3 is 2.67 bits per heavy atom. The number of rotatable bonds is 4. The lowest BCUT2D eigenvalue weighted by Gasteiger charge is -2.32. The maximum Gasteiger partial charge on any atom is 0.317 e. The summed E-state index contributed by atoms with van der Waals surface area (Å²) in [6.45, 7) is 3.92. The van der Waals surface area contributed by atoms with Gasteiger partial charge in [0.15, 0.2) is 11.5 Å². The second-order valence-electron chi connectivity index (χ2n) is 5.16. The van der Waals surface area contributed by atoms with E-state index in [1.807, 2.05) is 6.07 Å². The maximum atomic E-state index is 12.3. The minimum atomic E-state index is -0.691. The van der Waals surface area contributed by atoms with Crippen LogP contribution in [0.2, 0.25) is 0 Å². The van der Waals surface area contributed by atoms with Gasteiger partial charge in [-0.25, -0.2) is 4.68 Å². The summed E-state index contributed by atoms with van der Waals surface area (Å²) in [6, 6.07) is 4.85. The summed E-state index contributed by atoms with van der Waals surface area (Å²) in [5, 5.41) is 14.5. The van der Waals surface area contributed by atoms with Crippen molar-refractivity contribution in [2.75, 3.05) is 26.6 Å². The average Bonchev–Trinajstić information content (AvgIpc) is 3.07. The van der Waals surface area contributed by atoms with Gasteiger partial charge in [0.2, 0.25) is 5.95 Å². The number of anilines is 1. The lowest BCUT2D eigenvalue weighted by Crippen LogP contribution is -2.37. The highest BCUT2D eigenvalue weighted by Gasteiger charge is 2.41. The number of carbonyl (C=O) groups is 1. The van der Waals surface area contributed by atoms with Crippen molar-refractivity contribution in [3.8, 4) is 11.5 Å². The standard InChI is InChI=1S/C15H17N5O4/c1-8-12(14(21)24-4)13(20-15(16-8)17-18-19-20)9-5-6-10(22-2)11(7-9)23-3/h5-7,12-13H,1H2,2-4H3,(H,16,17,19). The van der Waals surface area contributed by atoms with Crippen LogP contribution in [0.5, 0.6) is 11.5 Å². The first kappa shape index (κ1) is 15.8. The minimum Gasteiger partial charge on any atom is -0.493 e. The van der Waals surface area contributed by atoms with Crippen LogP contribution in [0.15, 0.2) is 30.5 Å². The SMILES string of the molecule is C=C1Nc2nnnn2C(c2ccc(OC)c(OC)c2)C1C(=O)OC. The molecular formula is C15H17N5O4. The van der Waals surface area contributed by atoms with Crippen molar-refractivity contribution < 1.29 is 19.0 Å². The van der Waals surface area contributed by atoms with Gasteiger partial charge in [0.25, 0.3) is 0 Å². The number of esters is 1. The number of ether oxygens (including phenoxy) is 3. The number of nitrogens with one attached hydrogen (secondary N) is 1. The molecule has 0 radical (unpaired) electrons. The van der Waals surface area contributed by atoms with Crippen LogP contribution in [0.1, 0.15) is 11.6 Å². The van der Waals surface area contributed by atoms with E-state index in [9.17, 15) is 4.79 Å². The van der Waals surface area contributed by atoms with Gasteiger partial charge in [-0.2, -0.15) is 0 Å². The van der Waals surface area contributed by atoms with Crippen molar-refractivity contribution in [1.82, 2.24) is 20.2 Å². The number of fused-ring (bicyclic) bond motifs is 1. The van der Waals surface area contributed by atoms with E-state index in [2.05, 4.69) is 27.4 Å². The van der Waals surface area contributed by atoms with Gasteiger partial charge in [-0.3, -0.25) is 4.79 Å². The molecule has 0 saturated heterocycles. The Morgan fingerprint density at radius 1 is 1.25 bits per heavy atom. The van der Waals surface area contributed by atoms with Crippen LogP contribution in [0.4, 0.5) is 5.95 Å². The fourth-order valence-corrected chi connectivity index (χ4v) is 2.78. The van der Waals surface area contributed by atoms with Gasteiger partial charge in [-0.1, -0.05) is 17.7 Å². The first-order valence-corrected chi connectivity index (χ1v) is 7.14. The number of tetrazole rings is 1. The van der Waals surface area contributed by atoms with Crippen LogP contribution >= 0.6 is 0 Å². The Hall–Kier alpha value is -3.10. The molecule has 2 atom stereocenters. The van der Waals surface area contributed by atoms with Crippen LogP contribution < -0.4 is 14.8 Å². The number of hydrogen-bond acceptors (Lipinski definition) is 8. The van der Waals surface area contributed by atoms with Crippen LogP contribution in [0.3, 0.4) is 0 Å². The molecule has 1 aromatic heterocycles. The van der Waals surface area contributed by atoms with Gasteiger partial charge in [0.1, 0.15) is 12.0 Å². The van der Waals surface area contributed by atoms with Gasteiger partial charge in [-0.05, 0) is 28.1 Å². The van der Waals surface area contributed by atoms with Gasteiger partial charge in [0.05, 0.1) is 21.3 Å². The first-order chi connectivity index (χ1) is 11.6. The number of carbonyl (C=O) groups excluding carboxylic acids is 1. The third-order valence-corrected chi connectivity index (χ3v) is 3.92. The average molecular weight is 331 g/mol. The fourth-order valence-electron chi connectivity index (χ4n) is 2.78. The maximum absolute atomic E-state index is 12.3. The van der Waals surface area contributed by atoms with E-state index in [1.54, 1.807) is 26.4 Å². The molecule has 126 valence electrons. The molecule has 24 heavy (non-hydrogen) atoms. The predicted molar refractivity (Wildman–Crippen MR) is 83.8 cm³/mol. The molecule has 2 unspecified atom stereocenters. The highest BCUT2D eigenvalue weighted by atomic mass is 16.5. The van der Waals surface area contributed by atoms with Crippen molar-refractivity contribution >= 4 is 11.9 Å². The first-order valence-electron chi connectivity index (χ1n) is 7.14. The quantitative estimate of drug-likeness (QED) is 0.829. The van der Waals surface area contributed by atoms with Crippen LogP contribution in [-0.2, 0) is 9.53 Å². The molecule has 0 bridgehead atoms. The van der Waals surface area contributed by atoms with Crippen molar-refractivity contribution in [2.24, 2.45) is 5.92 Å². The molecule has 1 aromatic carbocycles. The zero-order valence-corrected chi connectivity index (χ0v) is 13.5. The topological polar surface area (TPSA) is 100 Å². The van der Waals surface area contributed by atoms with E-state index in [4.69, 9.17) is 14.2 Å². The van der Waals surface area contributed by atoms with E-state index in [-0.39, 0.29) is 0 Å². The minimum absolute atomic E-state index is 0.403. The molecule has 0 fully saturated rings. The number of methoxy groups -OCH3 is 3. The third kappa shape index (κ3) is 2.43. The predicted octanol–water partition coefficient (Wildman–Crippen LogP) is 1.01. The molecule has 0 aliphatic carbocycles. The molecule has 1 N–H and O–H groups in total. The van der Waals surface area contributed by atoms with Gasteiger partial charge in [-0.15, -0.1) is 0 Å². The van der Waals surface area contributed by atoms with Crippen molar-refractivity contribution in [2.45, 2.75) is 6.04 Å². The third-order valence-electron chi connectivity index (χ3n) is 3.92. The lowest BCUT2D eigenvalue weighted by molar-refractivity contribution is -0.145. The normalized spacial score (nSPS) is 19.2. The van der Waals surface area contributed by atoms with Crippen molar-refractivity contribution in [3.05, 3.63) is 36.0 Å². The second kappa shape index (κ2) is 6.19. The van der Waals surface area contributed by atoms with E-state index in [0.717, 1.165) is 5.56 Å². The number of nitrogens with zero attached hydrogens (tertiary/aromatic N) is 4. The van der Waals surface area contributed by atoms with Gasteiger partial charge in [0, 0.05) is 5.70 Å². The van der Waals surface area contributed by atoms with E-state index < -0.39 is 17.9 Å². The monoisotopic (exact) mass is 331 g/mol. The van der Waals surface area contributed by atoms with E-state index >= 15 is 0 Å². The molecule has 0 amide bonds. The Kier molecular flexibility index (Phi) is 4.07. The molecule has 2 heterocycles. The molecule has 0 saturated carbocycles. The molecule has 0 spiro atoms. The van der Waals surface area contributed by atoms with Crippen LogP contribution in [0, 0.1) is 5.92 Å². The summed E-state index contributed by atoms with van der Waals surface area (Å²) in [6.07, 6.45) is 0. The Balaban J connectivity index is 2.14. The number of aromatic nitrogens is 4. The van der Waals surface area contributed by atoms with Crippen molar-refractivity contribution in [1.29, 1.82) is 0 Å². The van der Waals surface area contributed by atoms with E-state index in [1.165, 1.54) is 11.8 Å².